The quantitative estimate of drug-likeness (QED) is 0.859. The van der Waals surface area contributed by atoms with Gasteiger partial charge in [-0.25, -0.2) is 0 Å². The number of β-amino-alcohol motifs (C(OH)–C–C–N with tert-alkyl or cyclic N) is 1. The van der Waals surface area contributed by atoms with E-state index in [0.29, 0.717) is 13.2 Å². The van der Waals surface area contributed by atoms with Crippen molar-refractivity contribution in [3.8, 4) is 5.75 Å². The van der Waals surface area contributed by atoms with Crippen LogP contribution in [0.4, 0.5) is 0 Å². The number of aliphatic hydroxyl groups excluding tert-OH is 1. The molecule has 1 saturated heterocycles. The molecule has 3 atom stereocenters. The maximum atomic E-state index is 12.1. The molecule has 1 aromatic carbocycles. The summed E-state index contributed by atoms with van der Waals surface area (Å²) in [6, 6.07) is 6.34. The van der Waals surface area contributed by atoms with Crippen molar-refractivity contribution in [2.75, 3.05) is 20.3 Å². The van der Waals surface area contributed by atoms with Crippen molar-refractivity contribution in [3.63, 3.8) is 0 Å². The predicted molar refractivity (Wildman–Crippen MR) is 95.8 cm³/mol. The summed E-state index contributed by atoms with van der Waals surface area (Å²) in [5.41, 5.74) is 2.37. The van der Waals surface area contributed by atoms with Crippen molar-refractivity contribution in [2.24, 2.45) is 0 Å². The van der Waals surface area contributed by atoms with E-state index in [1.54, 1.807) is 7.11 Å². The Kier molecular flexibility index (Phi) is 5.97. The van der Waals surface area contributed by atoms with Gasteiger partial charge in [0.25, 0.3) is 0 Å². The second kappa shape index (κ2) is 8.19. The van der Waals surface area contributed by atoms with Crippen molar-refractivity contribution in [1.82, 2.24) is 4.90 Å². The zero-order chi connectivity index (χ0) is 17.8. The van der Waals surface area contributed by atoms with Gasteiger partial charge >= 0.3 is 0 Å². The highest BCUT2D eigenvalue weighted by molar-refractivity contribution is 5.79. The first-order chi connectivity index (χ1) is 12.1. The van der Waals surface area contributed by atoms with Crippen LogP contribution in [0.3, 0.4) is 0 Å². The van der Waals surface area contributed by atoms with Gasteiger partial charge in [-0.15, -0.1) is 0 Å². The van der Waals surface area contributed by atoms with Crippen molar-refractivity contribution >= 4 is 5.91 Å². The number of amides is 1. The number of hydrogen-bond donors (Lipinski definition) is 1. The Labute approximate surface area is 149 Å². The normalized spacial score (nSPS) is 26.9. The number of carbonyl (C=O) groups is 1. The number of aryl methyl sites for hydroxylation is 1. The Morgan fingerprint density at radius 2 is 2.08 bits per heavy atom. The second-order valence-corrected chi connectivity index (χ2v) is 7.22. The molecule has 1 aliphatic carbocycles. The minimum Gasteiger partial charge on any atom is -0.496 e. The summed E-state index contributed by atoms with van der Waals surface area (Å²) < 4.78 is 11.5. The smallest absolute Gasteiger partial charge is 0.225 e. The van der Waals surface area contributed by atoms with Gasteiger partial charge in [0.2, 0.25) is 5.91 Å². The van der Waals surface area contributed by atoms with Gasteiger partial charge in [0.05, 0.1) is 38.4 Å². The van der Waals surface area contributed by atoms with Crippen LogP contribution in [0, 0.1) is 6.92 Å². The third-order valence-electron chi connectivity index (χ3n) is 5.39. The topological polar surface area (TPSA) is 59.0 Å². The highest BCUT2D eigenvalue weighted by Gasteiger charge is 2.38. The molecule has 2 fully saturated rings. The van der Waals surface area contributed by atoms with E-state index in [2.05, 4.69) is 12.1 Å². The second-order valence-electron chi connectivity index (χ2n) is 7.22. The van der Waals surface area contributed by atoms with Gasteiger partial charge in [-0.05, 0) is 43.4 Å². The summed E-state index contributed by atoms with van der Waals surface area (Å²) in [5, 5.41) is 9.77. The molecule has 0 spiro atoms. The number of ether oxygens (including phenoxy) is 2. The van der Waals surface area contributed by atoms with Crippen molar-refractivity contribution in [1.29, 1.82) is 0 Å². The number of rotatable bonds is 6. The molecule has 1 aliphatic heterocycles. The first-order valence-corrected chi connectivity index (χ1v) is 9.31. The molecule has 0 unspecified atom stereocenters. The monoisotopic (exact) mass is 347 g/mol. The van der Waals surface area contributed by atoms with E-state index in [4.69, 9.17) is 9.47 Å². The zero-order valence-electron chi connectivity index (χ0n) is 15.2. The molecule has 1 heterocycles. The van der Waals surface area contributed by atoms with Gasteiger partial charge in [-0.2, -0.15) is 0 Å². The molecule has 5 heteroatoms. The fraction of sp³-hybridized carbons (Fsp3) is 0.650. The third-order valence-corrected chi connectivity index (χ3v) is 5.39. The van der Waals surface area contributed by atoms with E-state index < -0.39 is 6.10 Å². The Bertz CT molecular complexity index is 603. The molecule has 0 radical (unpaired) electrons. The summed E-state index contributed by atoms with van der Waals surface area (Å²) in [7, 11) is 1.69. The van der Waals surface area contributed by atoms with E-state index >= 15 is 0 Å². The summed E-state index contributed by atoms with van der Waals surface area (Å²) in [5.74, 6) is 0.974. The lowest BCUT2D eigenvalue weighted by Gasteiger charge is -2.37. The molecule has 1 saturated carbocycles. The van der Waals surface area contributed by atoms with E-state index in [9.17, 15) is 9.90 Å². The summed E-state index contributed by atoms with van der Waals surface area (Å²) in [6.07, 6.45) is 4.92. The minimum absolute atomic E-state index is 0.0683. The summed E-state index contributed by atoms with van der Waals surface area (Å²) in [6.45, 7) is 3.16. The molecular weight excluding hydrogens is 318 g/mol. The highest BCUT2D eigenvalue weighted by Crippen LogP contribution is 2.29. The van der Waals surface area contributed by atoms with Crippen LogP contribution in [0.1, 0.15) is 43.2 Å². The SMILES string of the molecule is COc1ccc(CCO[C@@H]2CCCC[C@H]2N2C[C@H](O)CC2=O)cc1C. The Balaban J connectivity index is 1.55. The van der Waals surface area contributed by atoms with Gasteiger partial charge in [-0.3, -0.25) is 4.79 Å². The lowest BCUT2D eigenvalue weighted by Crippen LogP contribution is -2.47. The molecule has 5 nitrogen and oxygen atoms in total. The number of methoxy groups -OCH3 is 1. The van der Waals surface area contributed by atoms with Crippen molar-refractivity contribution < 1.29 is 19.4 Å². The Hall–Kier alpha value is -1.59. The Morgan fingerprint density at radius 1 is 1.28 bits per heavy atom. The molecule has 3 rings (SSSR count). The lowest BCUT2D eigenvalue weighted by molar-refractivity contribution is -0.134. The predicted octanol–water partition coefficient (Wildman–Crippen LogP) is 2.47. The van der Waals surface area contributed by atoms with Crippen LogP contribution >= 0.6 is 0 Å². The maximum absolute atomic E-state index is 12.1. The van der Waals surface area contributed by atoms with Crippen LogP contribution in [0.5, 0.6) is 5.75 Å². The average Bonchev–Trinajstić information content (AvgIpc) is 2.94. The zero-order valence-corrected chi connectivity index (χ0v) is 15.2. The van der Waals surface area contributed by atoms with Crippen LogP contribution in [0.25, 0.3) is 0 Å². The molecule has 138 valence electrons. The summed E-state index contributed by atoms with van der Waals surface area (Å²) >= 11 is 0. The lowest BCUT2D eigenvalue weighted by atomic mass is 9.91. The number of hydrogen-bond acceptors (Lipinski definition) is 4. The van der Waals surface area contributed by atoms with Crippen LogP contribution in [0.2, 0.25) is 0 Å². The van der Waals surface area contributed by atoms with Crippen molar-refractivity contribution in [3.05, 3.63) is 29.3 Å². The number of aliphatic hydroxyl groups is 1. The van der Waals surface area contributed by atoms with Gasteiger partial charge in [0, 0.05) is 6.54 Å². The van der Waals surface area contributed by atoms with Gasteiger partial charge < -0.3 is 19.5 Å². The maximum Gasteiger partial charge on any atom is 0.225 e. The minimum atomic E-state index is -0.516. The Morgan fingerprint density at radius 3 is 2.76 bits per heavy atom. The van der Waals surface area contributed by atoms with Crippen LogP contribution in [-0.2, 0) is 16.0 Å². The fourth-order valence-corrected chi connectivity index (χ4v) is 4.08. The number of benzene rings is 1. The first kappa shape index (κ1) is 18.2. The van der Waals surface area contributed by atoms with E-state index in [-0.39, 0.29) is 24.5 Å². The largest absolute Gasteiger partial charge is 0.496 e. The molecule has 1 aromatic rings. The molecule has 25 heavy (non-hydrogen) atoms. The van der Waals surface area contributed by atoms with Crippen LogP contribution < -0.4 is 4.74 Å². The molecule has 2 aliphatic rings. The van der Waals surface area contributed by atoms with E-state index in [1.807, 2.05) is 17.9 Å². The van der Waals surface area contributed by atoms with E-state index in [0.717, 1.165) is 43.4 Å². The van der Waals surface area contributed by atoms with E-state index in [1.165, 1.54) is 5.56 Å². The third kappa shape index (κ3) is 4.33. The molecule has 0 aromatic heterocycles. The standard InChI is InChI=1S/C20H29NO4/c1-14-11-15(7-8-18(14)24-2)9-10-25-19-6-4-3-5-17(19)21-13-16(22)12-20(21)23/h7-8,11,16-17,19,22H,3-6,9-10,12-13H2,1-2H3/t16-,17-,19-/m1/s1. The average molecular weight is 347 g/mol. The van der Waals surface area contributed by atoms with Crippen molar-refractivity contribution in [2.45, 2.75) is 63.7 Å². The molecule has 1 N–H and O–H groups in total. The first-order valence-electron chi connectivity index (χ1n) is 9.31. The summed E-state index contributed by atoms with van der Waals surface area (Å²) in [4.78, 5) is 14.0. The number of carbonyl (C=O) groups excluding carboxylic acids is 1. The van der Waals surface area contributed by atoms with Crippen LogP contribution in [0.15, 0.2) is 18.2 Å². The highest BCUT2D eigenvalue weighted by atomic mass is 16.5. The van der Waals surface area contributed by atoms with Gasteiger partial charge in [0.15, 0.2) is 0 Å². The van der Waals surface area contributed by atoms with Crippen LogP contribution in [-0.4, -0.2) is 54.4 Å². The molecule has 0 bridgehead atoms. The molecule has 1 amide bonds. The number of nitrogens with zero attached hydrogens (tertiary/aromatic N) is 1. The van der Waals surface area contributed by atoms with Gasteiger partial charge in [0.1, 0.15) is 5.75 Å². The fourth-order valence-electron chi connectivity index (χ4n) is 4.08. The van der Waals surface area contributed by atoms with Gasteiger partial charge in [-0.1, -0.05) is 25.0 Å². The molecular formula is C20H29NO4. The number of likely N-dealkylation sites (tertiary alicyclic amines) is 1.